The van der Waals surface area contributed by atoms with Crippen LogP contribution in [0.4, 0.5) is 0 Å². The number of ether oxygens (including phenoxy) is 1. The number of carbonyl (C=O) groups excluding carboxylic acids is 1. The predicted molar refractivity (Wildman–Crippen MR) is 68.4 cm³/mol. The minimum absolute atomic E-state index is 0.0654. The van der Waals surface area contributed by atoms with E-state index in [1.807, 2.05) is 6.92 Å². The molecule has 0 bridgehead atoms. The third-order valence-corrected chi connectivity index (χ3v) is 3.84. The smallest absolute Gasteiger partial charge is 0.253 e. The number of aliphatic hydroxyl groups is 2. The van der Waals surface area contributed by atoms with Crippen LogP contribution < -0.4 is 5.32 Å². The quantitative estimate of drug-likeness (QED) is 0.666. The van der Waals surface area contributed by atoms with Crippen molar-refractivity contribution in [1.29, 1.82) is 0 Å². The molecule has 2 aliphatic rings. The van der Waals surface area contributed by atoms with E-state index in [9.17, 15) is 15.0 Å². The number of amides is 1. The zero-order valence-corrected chi connectivity index (χ0v) is 11.2. The monoisotopic (exact) mass is 268 g/mol. The van der Waals surface area contributed by atoms with Gasteiger partial charge in [-0.15, -0.1) is 0 Å². The highest BCUT2D eigenvalue weighted by atomic mass is 16.5. The van der Waals surface area contributed by atoms with E-state index in [1.165, 1.54) is 0 Å². The van der Waals surface area contributed by atoms with Crippen LogP contribution in [0.3, 0.4) is 0 Å². The summed E-state index contributed by atoms with van der Waals surface area (Å²) in [6.07, 6.45) is 1.45. The number of carbonyl (C=O) groups is 1. The van der Waals surface area contributed by atoms with Gasteiger partial charge in [-0.1, -0.05) is 13.5 Å². The van der Waals surface area contributed by atoms with Crippen LogP contribution in [0.5, 0.6) is 0 Å². The van der Waals surface area contributed by atoms with Gasteiger partial charge in [0.15, 0.2) is 0 Å². The van der Waals surface area contributed by atoms with Crippen molar-refractivity contribution in [3.63, 3.8) is 0 Å². The van der Waals surface area contributed by atoms with Gasteiger partial charge < -0.3 is 25.2 Å². The molecule has 2 rings (SSSR count). The zero-order valence-electron chi connectivity index (χ0n) is 11.2. The van der Waals surface area contributed by atoms with Crippen molar-refractivity contribution in [2.24, 2.45) is 5.41 Å². The van der Waals surface area contributed by atoms with Gasteiger partial charge in [0.05, 0.1) is 19.3 Å². The maximum Gasteiger partial charge on any atom is 0.253 e. The fourth-order valence-electron chi connectivity index (χ4n) is 2.42. The summed E-state index contributed by atoms with van der Waals surface area (Å²) in [6, 6.07) is 0. The molecule has 1 saturated heterocycles. The summed E-state index contributed by atoms with van der Waals surface area (Å²) in [5.41, 5.74) is 0.0669. The van der Waals surface area contributed by atoms with Gasteiger partial charge >= 0.3 is 0 Å². The van der Waals surface area contributed by atoms with Crippen LogP contribution in [0.2, 0.25) is 0 Å². The van der Waals surface area contributed by atoms with Gasteiger partial charge in [0.2, 0.25) is 0 Å². The second-order valence-electron chi connectivity index (χ2n) is 5.40. The summed E-state index contributed by atoms with van der Waals surface area (Å²) in [5, 5.41) is 21.5. The molecule has 0 radical (unpaired) electrons. The number of nitrogens with one attached hydrogen (secondary N) is 1. The fourth-order valence-corrected chi connectivity index (χ4v) is 2.42. The number of rotatable bonds is 3. The molecular weight excluding hydrogens is 248 g/mol. The Morgan fingerprint density at radius 3 is 2.84 bits per heavy atom. The van der Waals surface area contributed by atoms with E-state index in [1.54, 1.807) is 18.0 Å². The number of nitrogens with zero attached hydrogens (tertiary/aromatic N) is 1. The van der Waals surface area contributed by atoms with Crippen molar-refractivity contribution in [2.75, 3.05) is 13.2 Å². The Hall–Kier alpha value is -1.37. The summed E-state index contributed by atoms with van der Waals surface area (Å²) in [7, 11) is 0. The van der Waals surface area contributed by atoms with E-state index < -0.39 is 11.5 Å². The first-order chi connectivity index (χ1) is 8.91. The highest BCUT2D eigenvalue weighted by Gasteiger charge is 2.47. The third kappa shape index (κ3) is 2.39. The van der Waals surface area contributed by atoms with E-state index in [0.29, 0.717) is 17.8 Å². The Morgan fingerprint density at radius 2 is 2.32 bits per heavy atom. The standard InChI is InChI=1S/C13H20N2O4/c1-8-5-15(9(2)14-12(8)18)11-4-13(3,7-17)10(6-16)19-11/h5,10-11,16-17H,2,4,6-7H2,1,3H3,(H,14,18)/t10-,11-,13-/m1/s1. The van der Waals surface area contributed by atoms with E-state index in [-0.39, 0.29) is 25.3 Å². The van der Waals surface area contributed by atoms with Gasteiger partial charge in [-0.3, -0.25) is 4.79 Å². The van der Waals surface area contributed by atoms with Gasteiger partial charge in [0.25, 0.3) is 5.91 Å². The molecular formula is C13H20N2O4. The summed E-state index contributed by atoms with van der Waals surface area (Å²) in [6.45, 7) is 7.16. The summed E-state index contributed by atoms with van der Waals surface area (Å²) < 4.78 is 5.77. The SMILES string of the molecule is C=C1NC(=O)C(C)=CN1[C@H]1C[C@](C)(CO)[C@@H](CO)O1. The molecule has 0 spiro atoms. The van der Waals surface area contributed by atoms with Crippen LogP contribution in [0.15, 0.2) is 24.2 Å². The highest BCUT2D eigenvalue weighted by molar-refractivity contribution is 5.94. The molecule has 1 amide bonds. The van der Waals surface area contributed by atoms with Crippen LogP contribution in [-0.2, 0) is 9.53 Å². The molecule has 0 unspecified atom stereocenters. The third-order valence-electron chi connectivity index (χ3n) is 3.84. The van der Waals surface area contributed by atoms with Crippen molar-refractivity contribution in [2.45, 2.75) is 32.6 Å². The molecule has 3 atom stereocenters. The largest absolute Gasteiger partial charge is 0.396 e. The van der Waals surface area contributed by atoms with Crippen molar-refractivity contribution in [3.8, 4) is 0 Å². The van der Waals surface area contributed by atoms with Gasteiger partial charge in [0.1, 0.15) is 12.0 Å². The Morgan fingerprint density at radius 1 is 1.63 bits per heavy atom. The van der Waals surface area contributed by atoms with E-state index in [4.69, 9.17) is 4.74 Å². The average molecular weight is 268 g/mol. The molecule has 3 N–H and O–H groups in total. The molecule has 0 aromatic heterocycles. The first-order valence-corrected chi connectivity index (χ1v) is 6.25. The molecule has 0 aliphatic carbocycles. The van der Waals surface area contributed by atoms with Crippen LogP contribution in [0.1, 0.15) is 20.3 Å². The van der Waals surface area contributed by atoms with Crippen LogP contribution in [0.25, 0.3) is 0 Å². The number of aliphatic hydroxyl groups excluding tert-OH is 2. The first-order valence-electron chi connectivity index (χ1n) is 6.25. The molecule has 106 valence electrons. The summed E-state index contributed by atoms with van der Waals surface area (Å²) in [4.78, 5) is 13.2. The fraction of sp³-hybridized carbons (Fsp3) is 0.615. The lowest BCUT2D eigenvalue weighted by Gasteiger charge is -2.32. The van der Waals surface area contributed by atoms with Crippen molar-refractivity contribution < 1.29 is 19.7 Å². The Labute approximate surface area is 112 Å². The second-order valence-corrected chi connectivity index (χ2v) is 5.40. The lowest BCUT2D eigenvalue weighted by molar-refractivity contribution is -0.118. The van der Waals surface area contributed by atoms with E-state index >= 15 is 0 Å². The minimum Gasteiger partial charge on any atom is -0.396 e. The van der Waals surface area contributed by atoms with Gasteiger partial charge in [-0.25, -0.2) is 0 Å². The maximum absolute atomic E-state index is 11.5. The lowest BCUT2D eigenvalue weighted by Crippen LogP contribution is -2.42. The van der Waals surface area contributed by atoms with Crippen molar-refractivity contribution in [3.05, 3.63) is 24.2 Å². The molecule has 2 aliphatic heterocycles. The van der Waals surface area contributed by atoms with Crippen molar-refractivity contribution in [1.82, 2.24) is 10.2 Å². The molecule has 0 saturated carbocycles. The molecule has 6 nitrogen and oxygen atoms in total. The maximum atomic E-state index is 11.5. The van der Waals surface area contributed by atoms with Gasteiger partial charge in [-0.05, 0) is 6.92 Å². The molecule has 0 aromatic rings. The van der Waals surface area contributed by atoms with Gasteiger partial charge in [0, 0.05) is 23.6 Å². The van der Waals surface area contributed by atoms with Crippen LogP contribution in [-0.4, -0.2) is 46.6 Å². The van der Waals surface area contributed by atoms with E-state index in [2.05, 4.69) is 11.9 Å². The lowest BCUT2D eigenvalue weighted by atomic mass is 9.84. The van der Waals surface area contributed by atoms with E-state index in [0.717, 1.165) is 0 Å². The second kappa shape index (κ2) is 4.96. The Bertz CT molecular complexity index is 434. The predicted octanol–water partition coefficient (Wildman–Crippen LogP) is -0.101. The van der Waals surface area contributed by atoms with Gasteiger partial charge in [-0.2, -0.15) is 0 Å². The van der Waals surface area contributed by atoms with Crippen molar-refractivity contribution >= 4 is 5.91 Å². The summed E-state index contributed by atoms with van der Waals surface area (Å²) in [5.74, 6) is 0.266. The first kappa shape index (κ1) is 14.0. The topological polar surface area (TPSA) is 82.0 Å². The number of hydrogen-bond donors (Lipinski definition) is 3. The normalized spacial score (nSPS) is 35.4. The van der Waals surface area contributed by atoms with Crippen LogP contribution >= 0.6 is 0 Å². The minimum atomic E-state index is -0.497. The molecule has 19 heavy (non-hydrogen) atoms. The zero-order chi connectivity index (χ0) is 14.2. The number of hydrogen-bond acceptors (Lipinski definition) is 5. The Kier molecular flexibility index (Phi) is 3.66. The molecule has 1 fully saturated rings. The highest BCUT2D eigenvalue weighted by Crippen LogP contribution is 2.40. The molecule has 2 heterocycles. The Balaban J connectivity index is 2.20. The average Bonchev–Trinajstić information content (AvgIpc) is 2.71. The molecule has 0 aromatic carbocycles. The molecule has 6 heteroatoms. The summed E-state index contributed by atoms with van der Waals surface area (Å²) >= 11 is 0. The van der Waals surface area contributed by atoms with Crippen LogP contribution in [0, 0.1) is 5.41 Å².